The van der Waals surface area contributed by atoms with E-state index in [1.807, 2.05) is 12.1 Å². The van der Waals surface area contributed by atoms with Crippen molar-refractivity contribution in [3.63, 3.8) is 0 Å². The topological polar surface area (TPSA) is 53.5 Å². The Morgan fingerprint density at radius 2 is 1.62 bits per heavy atom. The molecule has 1 aliphatic rings. The molecule has 0 bridgehead atoms. The van der Waals surface area contributed by atoms with E-state index in [0.29, 0.717) is 31.2 Å². The summed E-state index contributed by atoms with van der Waals surface area (Å²) < 4.78 is 26.9. The Morgan fingerprint density at radius 1 is 0.958 bits per heavy atom. The molecule has 5 nitrogen and oxygen atoms in total. The maximum atomic E-state index is 12.7. The molecule has 1 aromatic carbocycles. The lowest BCUT2D eigenvalue weighted by atomic mass is 10.2. The van der Waals surface area contributed by atoms with Gasteiger partial charge in [-0.15, -0.1) is 0 Å². The summed E-state index contributed by atoms with van der Waals surface area (Å²) in [4.78, 5) is 6.42. The van der Waals surface area contributed by atoms with Gasteiger partial charge < -0.3 is 0 Å². The summed E-state index contributed by atoms with van der Waals surface area (Å²) in [6.07, 6.45) is 3.53. The first-order chi connectivity index (χ1) is 11.5. The van der Waals surface area contributed by atoms with Crippen LogP contribution in [0.15, 0.2) is 47.6 Å². The molecule has 0 unspecified atom stereocenters. The fraction of sp³-hybridized carbons (Fsp3) is 0.312. The van der Waals surface area contributed by atoms with Gasteiger partial charge in [0.1, 0.15) is 0 Å². The van der Waals surface area contributed by atoms with Crippen molar-refractivity contribution in [1.82, 2.24) is 14.2 Å². The van der Waals surface area contributed by atoms with Gasteiger partial charge in [-0.05, 0) is 35.9 Å². The lowest BCUT2D eigenvalue weighted by Gasteiger charge is -2.34. The number of halogens is 2. The van der Waals surface area contributed by atoms with Crippen molar-refractivity contribution >= 4 is 33.2 Å². The lowest BCUT2D eigenvalue weighted by molar-refractivity contribution is 0.181. The Balaban J connectivity index is 1.66. The molecule has 0 atom stereocenters. The van der Waals surface area contributed by atoms with E-state index in [4.69, 9.17) is 23.2 Å². The van der Waals surface area contributed by atoms with Gasteiger partial charge in [0.15, 0.2) is 0 Å². The highest BCUT2D eigenvalue weighted by molar-refractivity contribution is 7.89. The zero-order valence-electron chi connectivity index (χ0n) is 12.9. The summed E-state index contributed by atoms with van der Waals surface area (Å²) in [5.41, 5.74) is 1.17. The van der Waals surface area contributed by atoms with Crippen LogP contribution in [0, 0.1) is 0 Å². The predicted molar refractivity (Wildman–Crippen MR) is 94.7 cm³/mol. The normalized spacial score (nSPS) is 17.1. The number of aromatic nitrogens is 1. The molecule has 1 saturated heterocycles. The molecule has 128 valence electrons. The van der Waals surface area contributed by atoms with Crippen LogP contribution < -0.4 is 0 Å². The second kappa shape index (κ2) is 7.37. The van der Waals surface area contributed by atoms with Crippen LogP contribution >= 0.6 is 23.2 Å². The Bertz CT molecular complexity index is 807. The molecule has 1 aromatic heterocycles. The third kappa shape index (κ3) is 3.90. The van der Waals surface area contributed by atoms with E-state index >= 15 is 0 Å². The Labute approximate surface area is 151 Å². The van der Waals surface area contributed by atoms with Gasteiger partial charge in [0.05, 0.1) is 14.9 Å². The van der Waals surface area contributed by atoms with Gasteiger partial charge in [-0.1, -0.05) is 23.2 Å². The first-order valence-corrected chi connectivity index (χ1v) is 9.73. The molecule has 2 aromatic rings. The molecule has 8 heteroatoms. The molecule has 2 heterocycles. The van der Waals surface area contributed by atoms with Gasteiger partial charge in [-0.2, -0.15) is 4.31 Å². The molecule has 0 spiro atoms. The van der Waals surface area contributed by atoms with Crippen molar-refractivity contribution in [2.24, 2.45) is 0 Å². The molecule has 0 saturated carbocycles. The van der Waals surface area contributed by atoms with Crippen LogP contribution in [-0.4, -0.2) is 48.8 Å². The quantitative estimate of drug-likeness (QED) is 0.811. The number of sulfonamides is 1. The summed E-state index contributed by atoms with van der Waals surface area (Å²) >= 11 is 11.8. The van der Waals surface area contributed by atoms with Crippen LogP contribution in [0.5, 0.6) is 0 Å². The van der Waals surface area contributed by atoms with Crippen molar-refractivity contribution < 1.29 is 8.42 Å². The molecule has 0 N–H and O–H groups in total. The van der Waals surface area contributed by atoms with E-state index in [0.717, 1.165) is 6.54 Å². The highest BCUT2D eigenvalue weighted by atomic mass is 35.5. The summed E-state index contributed by atoms with van der Waals surface area (Å²) in [5, 5.41) is 0.590. The number of hydrogen-bond acceptors (Lipinski definition) is 4. The molecule has 0 radical (unpaired) electrons. The maximum Gasteiger partial charge on any atom is 0.243 e. The SMILES string of the molecule is O=S(=O)(c1ccc(Cl)c(Cl)c1)N1CCN(Cc2ccncc2)CC1. The number of pyridine rings is 1. The third-order valence-electron chi connectivity index (χ3n) is 4.02. The largest absolute Gasteiger partial charge is 0.296 e. The minimum absolute atomic E-state index is 0.180. The number of nitrogens with zero attached hydrogens (tertiary/aromatic N) is 3. The van der Waals surface area contributed by atoms with Gasteiger partial charge >= 0.3 is 0 Å². The van der Waals surface area contributed by atoms with Crippen LogP contribution in [0.1, 0.15) is 5.56 Å². The van der Waals surface area contributed by atoms with Crippen LogP contribution in [0.3, 0.4) is 0 Å². The van der Waals surface area contributed by atoms with Crippen molar-refractivity contribution in [3.8, 4) is 0 Å². The Morgan fingerprint density at radius 3 is 2.25 bits per heavy atom. The van der Waals surface area contributed by atoms with Crippen molar-refractivity contribution in [3.05, 3.63) is 58.3 Å². The summed E-state index contributed by atoms with van der Waals surface area (Å²) in [6, 6.07) is 8.35. The molecule has 0 amide bonds. The molecule has 24 heavy (non-hydrogen) atoms. The van der Waals surface area contributed by atoms with E-state index in [1.54, 1.807) is 12.4 Å². The van der Waals surface area contributed by atoms with Crippen LogP contribution in [0.25, 0.3) is 0 Å². The van der Waals surface area contributed by atoms with Crippen molar-refractivity contribution in [2.75, 3.05) is 26.2 Å². The highest BCUT2D eigenvalue weighted by Crippen LogP contribution is 2.27. The lowest BCUT2D eigenvalue weighted by Crippen LogP contribution is -2.48. The van der Waals surface area contributed by atoms with Gasteiger partial charge in [0, 0.05) is 45.1 Å². The van der Waals surface area contributed by atoms with E-state index < -0.39 is 10.0 Å². The first kappa shape index (κ1) is 17.6. The number of piperazine rings is 1. The fourth-order valence-corrected chi connectivity index (χ4v) is 4.47. The predicted octanol–water partition coefficient (Wildman–Crippen LogP) is 2.89. The van der Waals surface area contributed by atoms with Crippen LogP contribution in [0.4, 0.5) is 0 Å². The minimum atomic E-state index is -3.54. The maximum absolute atomic E-state index is 12.7. The summed E-state index contributed by atoms with van der Waals surface area (Å²) in [7, 11) is -3.54. The molecule has 0 aliphatic carbocycles. The molecular formula is C16H17Cl2N3O2S. The molecule has 1 aliphatic heterocycles. The average molecular weight is 386 g/mol. The van der Waals surface area contributed by atoms with E-state index in [9.17, 15) is 8.42 Å². The van der Waals surface area contributed by atoms with Crippen molar-refractivity contribution in [2.45, 2.75) is 11.4 Å². The molecule has 3 rings (SSSR count). The van der Waals surface area contributed by atoms with E-state index in [2.05, 4.69) is 9.88 Å². The van der Waals surface area contributed by atoms with E-state index in [1.165, 1.54) is 28.1 Å². The fourth-order valence-electron chi connectivity index (χ4n) is 2.66. The van der Waals surface area contributed by atoms with Crippen molar-refractivity contribution in [1.29, 1.82) is 0 Å². The van der Waals surface area contributed by atoms with Crippen LogP contribution in [0.2, 0.25) is 10.0 Å². The number of rotatable bonds is 4. The number of benzene rings is 1. The monoisotopic (exact) mass is 385 g/mol. The number of hydrogen-bond donors (Lipinski definition) is 0. The van der Waals surface area contributed by atoms with Gasteiger partial charge in [0.2, 0.25) is 10.0 Å². The third-order valence-corrected chi connectivity index (χ3v) is 6.65. The first-order valence-electron chi connectivity index (χ1n) is 7.53. The Hall–Kier alpha value is -1.18. The smallest absolute Gasteiger partial charge is 0.243 e. The second-order valence-electron chi connectivity index (χ2n) is 5.61. The zero-order valence-corrected chi connectivity index (χ0v) is 15.2. The van der Waals surface area contributed by atoms with Gasteiger partial charge in [-0.3, -0.25) is 9.88 Å². The summed E-state index contributed by atoms with van der Waals surface area (Å²) in [5.74, 6) is 0. The average Bonchev–Trinajstić information content (AvgIpc) is 2.58. The van der Waals surface area contributed by atoms with Gasteiger partial charge in [0.25, 0.3) is 0 Å². The van der Waals surface area contributed by atoms with E-state index in [-0.39, 0.29) is 9.92 Å². The standard InChI is InChI=1S/C16H17Cl2N3O2S/c17-15-2-1-14(11-16(15)18)24(22,23)21-9-7-20(8-10-21)12-13-3-5-19-6-4-13/h1-6,11H,7-10,12H2. The minimum Gasteiger partial charge on any atom is -0.296 e. The molecule has 1 fully saturated rings. The highest BCUT2D eigenvalue weighted by Gasteiger charge is 2.28. The Kier molecular flexibility index (Phi) is 5.42. The molecular weight excluding hydrogens is 369 g/mol. The second-order valence-corrected chi connectivity index (χ2v) is 8.36. The summed E-state index contributed by atoms with van der Waals surface area (Å²) in [6.45, 7) is 3.07. The van der Waals surface area contributed by atoms with Crippen LogP contribution in [-0.2, 0) is 16.6 Å². The van der Waals surface area contributed by atoms with Gasteiger partial charge in [-0.25, -0.2) is 8.42 Å². The zero-order chi connectivity index (χ0) is 17.2.